The Labute approximate surface area is 97.1 Å². The van der Waals surface area contributed by atoms with E-state index in [0.29, 0.717) is 0 Å². The van der Waals surface area contributed by atoms with Gasteiger partial charge in [0, 0.05) is 13.1 Å². The maximum Gasteiger partial charge on any atom is 0.0658 e. The van der Waals surface area contributed by atoms with Crippen molar-refractivity contribution in [3.63, 3.8) is 0 Å². The van der Waals surface area contributed by atoms with Crippen molar-refractivity contribution in [1.29, 1.82) is 0 Å². The van der Waals surface area contributed by atoms with Gasteiger partial charge in [-0.1, -0.05) is 0 Å². The van der Waals surface area contributed by atoms with Crippen LogP contribution in [0.15, 0.2) is 18.3 Å². The summed E-state index contributed by atoms with van der Waals surface area (Å²) in [6.45, 7) is 5.96. The number of anilines is 1. The molecule has 1 aromatic heterocycles. The third kappa shape index (κ3) is 2.71. The predicted octanol–water partition coefficient (Wildman–Crippen LogP) is 1.31. The SMILES string of the molecule is C[C@H](N)c1ccc(N(C)C(C)(C)CO)cn1. The summed E-state index contributed by atoms with van der Waals surface area (Å²) in [5.41, 5.74) is 7.29. The quantitative estimate of drug-likeness (QED) is 0.808. The van der Waals surface area contributed by atoms with E-state index in [0.717, 1.165) is 11.4 Å². The fourth-order valence-corrected chi connectivity index (χ4v) is 1.32. The number of nitrogens with two attached hydrogens (primary N) is 1. The van der Waals surface area contributed by atoms with E-state index in [4.69, 9.17) is 5.73 Å². The van der Waals surface area contributed by atoms with Crippen LogP contribution in [0, 0.1) is 0 Å². The van der Waals surface area contributed by atoms with Crippen LogP contribution in [0.2, 0.25) is 0 Å². The minimum Gasteiger partial charge on any atom is -0.394 e. The van der Waals surface area contributed by atoms with Gasteiger partial charge in [0.25, 0.3) is 0 Å². The molecule has 0 aromatic carbocycles. The molecule has 4 nitrogen and oxygen atoms in total. The Kier molecular flexibility index (Phi) is 3.88. The van der Waals surface area contributed by atoms with E-state index in [9.17, 15) is 5.11 Å². The van der Waals surface area contributed by atoms with Crippen molar-refractivity contribution < 1.29 is 5.11 Å². The number of hydrogen-bond acceptors (Lipinski definition) is 4. The zero-order chi connectivity index (χ0) is 12.3. The molecule has 90 valence electrons. The van der Waals surface area contributed by atoms with E-state index in [1.165, 1.54) is 0 Å². The molecule has 16 heavy (non-hydrogen) atoms. The molecule has 0 fully saturated rings. The van der Waals surface area contributed by atoms with Gasteiger partial charge >= 0.3 is 0 Å². The van der Waals surface area contributed by atoms with E-state index in [1.54, 1.807) is 6.20 Å². The number of hydrogen-bond donors (Lipinski definition) is 2. The van der Waals surface area contributed by atoms with Crippen LogP contribution in [0.4, 0.5) is 5.69 Å². The topological polar surface area (TPSA) is 62.4 Å². The summed E-state index contributed by atoms with van der Waals surface area (Å²) in [4.78, 5) is 6.30. The second-order valence-electron chi connectivity index (χ2n) is 4.76. The zero-order valence-electron chi connectivity index (χ0n) is 10.4. The molecule has 1 rings (SSSR count). The summed E-state index contributed by atoms with van der Waals surface area (Å²) in [6, 6.07) is 3.85. The highest BCUT2D eigenvalue weighted by molar-refractivity contribution is 5.46. The lowest BCUT2D eigenvalue weighted by Crippen LogP contribution is -2.44. The number of nitrogens with zero attached hydrogens (tertiary/aromatic N) is 2. The summed E-state index contributed by atoms with van der Waals surface area (Å²) in [5.74, 6) is 0. The van der Waals surface area contributed by atoms with Crippen molar-refractivity contribution in [1.82, 2.24) is 4.98 Å². The fraction of sp³-hybridized carbons (Fsp3) is 0.583. The van der Waals surface area contributed by atoms with Crippen LogP contribution in [0.25, 0.3) is 0 Å². The number of aromatic nitrogens is 1. The number of likely N-dealkylation sites (N-methyl/N-ethyl adjacent to an activating group) is 1. The van der Waals surface area contributed by atoms with Crippen molar-refractivity contribution in [3.8, 4) is 0 Å². The summed E-state index contributed by atoms with van der Waals surface area (Å²) in [5, 5.41) is 9.29. The normalized spacial score (nSPS) is 13.6. The molecule has 0 amide bonds. The van der Waals surface area contributed by atoms with Gasteiger partial charge in [-0.2, -0.15) is 0 Å². The average Bonchev–Trinajstić information content (AvgIpc) is 2.28. The summed E-state index contributed by atoms with van der Waals surface area (Å²) in [7, 11) is 1.94. The van der Waals surface area contributed by atoms with Gasteiger partial charge < -0.3 is 15.7 Å². The summed E-state index contributed by atoms with van der Waals surface area (Å²) < 4.78 is 0. The molecule has 1 atom stereocenters. The third-order valence-electron chi connectivity index (χ3n) is 2.92. The number of rotatable bonds is 4. The summed E-state index contributed by atoms with van der Waals surface area (Å²) >= 11 is 0. The lowest BCUT2D eigenvalue weighted by molar-refractivity contribution is 0.216. The first-order valence-corrected chi connectivity index (χ1v) is 5.44. The zero-order valence-corrected chi connectivity index (χ0v) is 10.4. The summed E-state index contributed by atoms with van der Waals surface area (Å²) in [6.07, 6.45) is 1.79. The Hall–Kier alpha value is -1.13. The van der Waals surface area contributed by atoms with Crippen LogP contribution in [-0.4, -0.2) is 29.3 Å². The molecule has 0 aliphatic heterocycles. The van der Waals surface area contributed by atoms with Gasteiger partial charge in [-0.25, -0.2) is 0 Å². The molecule has 4 heteroatoms. The monoisotopic (exact) mass is 223 g/mol. The first kappa shape index (κ1) is 12.9. The minimum absolute atomic E-state index is 0.0507. The van der Waals surface area contributed by atoms with Crippen molar-refractivity contribution in [3.05, 3.63) is 24.0 Å². The van der Waals surface area contributed by atoms with E-state index >= 15 is 0 Å². The molecule has 0 spiro atoms. The second-order valence-corrected chi connectivity index (χ2v) is 4.76. The Balaban J connectivity index is 2.90. The minimum atomic E-state index is -0.294. The largest absolute Gasteiger partial charge is 0.394 e. The molecule has 1 aromatic rings. The van der Waals surface area contributed by atoms with Crippen molar-refractivity contribution in [2.24, 2.45) is 5.73 Å². The fourth-order valence-electron chi connectivity index (χ4n) is 1.32. The van der Waals surface area contributed by atoms with E-state index < -0.39 is 0 Å². The first-order chi connectivity index (χ1) is 7.38. The number of aliphatic hydroxyl groups is 1. The number of pyridine rings is 1. The molecule has 0 saturated heterocycles. The smallest absolute Gasteiger partial charge is 0.0658 e. The highest BCUT2D eigenvalue weighted by Crippen LogP contribution is 2.21. The molecule has 0 unspecified atom stereocenters. The van der Waals surface area contributed by atoms with Crippen LogP contribution in [0.5, 0.6) is 0 Å². The highest BCUT2D eigenvalue weighted by atomic mass is 16.3. The average molecular weight is 223 g/mol. The van der Waals surface area contributed by atoms with Gasteiger partial charge in [-0.05, 0) is 32.9 Å². The van der Waals surface area contributed by atoms with E-state index in [-0.39, 0.29) is 18.2 Å². The molecule has 0 saturated carbocycles. The maximum absolute atomic E-state index is 9.29. The van der Waals surface area contributed by atoms with Crippen LogP contribution < -0.4 is 10.6 Å². The Morgan fingerprint density at radius 2 is 2.12 bits per heavy atom. The second kappa shape index (κ2) is 4.80. The van der Waals surface area contributed by atoms with Gasteiger partial charge in [0.15, 0.2) is 0 Å². The maximum atomic E-state index is 9.29. The Bertz CT molecular complexity index is 333. The lowest BCUT2D eigenvalue weighted by atomic mass is 10.0. The predicted molar refractivity (Wildman–Crippen MR) is 66.4 cm³/mol. The number of aliphatic hydroxyl groups excluding tert-OH is 1. The Morgan fingerprint density at radius 3 is 2.50 bits per heavy atom. The molecule has 0 aliphatic carbocycles. The first-order valence-electron chi connectivity index (χ1n) is 5.44. The molecule has 1 heterocycles. The standard InChI is InChI=1S/C12H21N3O/c1-9(13)11-6-5-10(7-14-11)15(4)12(2,3)8-16/h5-7,9,16H,8,13H2,1-4H3/t9-/m0/s1. The van der Waals surface area contributed by atoms with Crippen LogP contribution >= 0.6 is 0 Å². The molecule has 0 radical (unpaired) electrons. The van der Waals surface area contributed by atoms with E-state index in [1.807, 2.05) is 44.9 Å². The molecular formula is C12H21N3O. The molecular weight excluding hydrogens is 202 g/mol. The van der Waals surface area contributed by atoms with Gasteiger partial charge in [0.2, 0.25) is 0 Å². The molecule has 0 aliphatic rings. The molecule has 3 N–H and O–H groups in total. The van der Waals surface area contributed by atoms with Gasteiger partial charge in [-0.15, -0.1) is 0 Å². The van der Waals surface area contributed by atoms with Gasteiger partial charge in [0.05, 0.1) is 29.7 Å². The van der Waals surface area contributed by atoms with Crippen LogP contribution in [0.3, 0.4) is 0 Å². The third-order valence-corrected chi connectivity index (χ3v) is 2.92. The highest BCUT2D eigenvalue weighted by Gasteiger charge is 2.22. The van der Waals surface area contributed by atoms with Crippen molar-refractivity contribution in [2.75, 3.05) is 18.6 Å². The van der Waals surface area contributed by atoms with Gasteiger partial charge in [-0.3, -0.25) is 4.98 Å². The molecule has 0 bridgehead atoms. The van der Waals surface area contributed by atoms with Crippen molar-refractivity contribution >= 4 is 5.69 Å². The van der Waals surface area contributed by atoms with Crippen LogP contribution in [0.1, 0.15) is 32.5 Å². The lowest BCUT2D eigenvalue weighted by Gasteiger charge is -2.35. The van der Waals surface area contributed by atoms with Gasteiger partial charge in [0.1, 0.15) is 0 Å². The Morgan fingerprint density at radius 1 is 1.50 bits per heavy atom. The van der Waals surface area contributed by atoms with Crippen LogP contribution in [-0.2, 0) is 0 Å². The van der Waals surface area contributed by atoms with Crippen molar-refractivity contribution in [2.45, 2.75) is 32.4 Å². The van der Waals surface area contributed by atoms with E-state index in [2.05, 4.69) is 4.98 Å².